The lowest BCUT2D eigenvalue weighted by atomic mass is 10.1. The first-order valence-electron chi connectivity index (χ1n) is 5.02. The van der Waals surface area contributed by atoms with Crippen molar-refractivity contribution in [2.24, 2.45) is 0 Å². The molecule has 1 N–H and O–H groups in total. The summed E-state index contributed by atoms with van der Waals surface area (Å²) in [7, 11) is 0. The van der Waals surface area contributed by atoms with Crippen LogP contribution in [0.15, 0.2) is 28.7 Å². The fourth-order valence-corrected chi connectivity index (χ4v) is 2.04. The molecule has 2 rings (SSSR count). The Balaban J connectivity index is 2.65. The maximum Gasteiger partial charge on any atom is 0.126 e. The Kier molecular flexibility index (Phi) is 2.91. The van der Waals surface area contributed by atoms with Crippen LogP contribution in [0.25, 0.3) is 10.9 Å². The molecule has 2 nitrogen and oxygen atoms in total. The summed E-state index contributed by atoms with van der Waals surface area (Å²) >= 11 is 3.53. The van der Waals surface area contributed by atoms with Crippen LogP contribution in [0.2, 0.25) is 0 Å². The van der Waals surface area contributed by atoms with E-state index in [0.29, 0.717) is 0 Å². The van der Waals surface area contributed by atoms with E-state index in [1.165, 1.54) is 10.9 Å². The summed E-state index contributed by atoms with van der Waals surface area (Å²) in [6.45, 7) is 5.06. The molecule has 0 saturated carbocycles. The highest BCUT2D eigenvalue weighted by Gasteiger charge is 2.03. The summed E-state index contributed by atoms with van der Waals surface area (Å²) in [4.78, 5) is 4.57. The maximum atomic E-state index is 4.57. The van der Waals surface area contributed by atoms with Crippen molar-refractivity contribution in [3.63, 3.8) is 0 Å². The van der Waals surface area contributed by atoms with E-state index in [0.717, 1.165) is 22.4 Å². The van der Waals surface area contributed by atoms with Crippen LogP contribution in [0, 0.1) is 6.92 Å². The number of halogens is 1. The molecule has 78 valence electrons. The number of rotatable bonds is 2. The molecular weight excluding hydrogens is 252 g/mol. The zero-order valence-corrected chi connectivity index (χ0v) is 10.4. The van der Waals surface area contributed by atoms with Crippen molar-refractivity contribution in [3.8, 4) is 0 Å². The molecule has 0 unspecified atom stereocenters. The standard InChI is InChI=1S/C12H13BrN2/c1-3-14-11-7-5-9-8(2)4-6-10(13)12(9)15-11/h4-7H,3H2,1-2H3,(H,14,15). The number of benzene rings is 1. The third-order valence-electron chi connectivity index (χ3n) is 2.38. The Morgan fingerprint density at radius 1 is 1.27 bits per heavy atom. The first-order valence-corrected chi connectivity index (χ1v) is 5.81. The third-order valence-corrected chi connectivity index (χ3v) is 3.02. The molecule has 0 aliphatic carbocycles. The summed E-state index contributed by atoms with van der Waals surface area (Å²) in [6.07, 6.45) is 0. The van der Waals surface area contributed by atoms with E-state index >= 15 is 0 Å². The first-order chi connectivity index (χ1) is 7.22. The largest absolute Gasteiger partial charge is 0.370 e. The van der Waals surface area contributed by atoms with E-state index in [-0.39, 0.29) is 0 Å². The minimum absolute atomic E-state index is 0.891. The van der Waals surface area contributed by atoms with Gasteiger partial charge in [-0.05, 0) is 53.5 Å². The zero-order chi connectivity index (χ0) is 10.8. The van der Waals surface area contributed by atoms with Crippen molar-refractivity contribution in [3.05, 3.63) is 34.3 Å². The molecule has 0 aliphatic rings. The lowest BCUT2D eigenvalue weighted by molar-refractivity contribution is 1.17. The van der Waals surface area contributed by atoms with Crippen LogP contribution in [-0.4, -0.2) is 11.5 Å². The van der Waals surface area contributed by atoms with E-state index in [2.05, 4.69) is 52.2 Å². The molecule has 0 saturated heterocycles. The third kappa shape index (κ3) is 1.97. The number of nitrogens with one attached hydrogen (secondary N) is 1. The number of anilines is 1. The second-order valence-electron chi connectivity index (χ2n) is 3.49. The minimum Gasteiger partial charge on any atom is -0.370 e. The molecule has 0 amide bonds. The van der Waals surface area contributed by atoms with Gasteiger partial charge < -0.3 is 5.32 Å². The van der Waals surface area contributed by atoms with Crippen LogP contribution in [0.3, 0.4) is 0 Å². The normalized spacial score (nSPS) is 10.6. The van der Waals surface area contributed by atoms with Gasteiger partial charge in [-0.15, -0.1) is 0 Å². The lowest BCUT2D eigenvalue weighted by Crippen LogP contribution is -1.99. The average Bonchev–Trinajstić information content (AvgIpc) is 2.24. The highest BCUT2D eigenvalue weighted by molar-refractivity contribution is 9.10. The molecule has 0 spiro atoms. The Morgan fingerprint density at radius 3 is 2.80 bits per heavy atom. The number of hydrogen-bond donors (Lipinski definition) is 1. The van der Waals surface area contributed by atoms with Crippen LogP contribution < -0.4 is 5.32 Å². The number of aryl methyl sites for hydroxylation is 1. The van der Waals surface area contributed by atoms with Gasteiger partial charge in [0.15, 0.2) is 0 Å². The predicted molar refractivity (Wildman–Crippen MR) is 68.3 cm³/mol. The smallest absolute Gasteiger partial charge is 0.126 e. The van der Waals surface area contributed by atoms with Crippen LogP contribution in [0.5, 0.6) is 0 Å². The molecule has 1 aromatic carbocycles. The molecule has 0 bridgehead atoms. The zero-order valence-electron chi connectivity index (χ0n) is 8.84. The highest BCUT2D eigenvalue weighted by Crippen LogP contribution is 2.26. The molecule has 1 aromatic heterocycles. The summed E-state index contributed by atoms with van der Waals surface area (Å²) in [6, 6.07) is 8.27. The Labute approximate surface area is 97.8 Å². The summed E-state index contributed by atoms with van der Waals surface area (Å²) < 4.78 is 1.04. The van der Waals surface area contributed by atoms with E-state index in [4.69, 9.17) is 0 Å². The molecule has 3 heteroatoms. The van der Waals surface area contributed by atoms with Crippen molar-refractivity contribution in [2.45, 2.75) is 13.8 Å². The van der Waals surface area contributed by atoms with Gasteiger partial charge in [0.05, 0.1) is 5.52 Å². The average molecular weight is 265 g/mol. The summed E-state index contributed by atoms with van der Waals surface area (Å²) in [5, 5.41) is 4.41. The van der Waals surface area contributed by atoms with Gasteiger partial charge in [0.25, 0.3) is 0 Å². The number of hydrogen-bond acceptors (Lipinski definition) is 2. The molecule has 0 aliphatic heterocycles. The molecule has 2 aromatic rings. The number of fused-ring (bicyclic) bond motifs is 1. The maximum absolute atomic E-state index is 4.57. The molecule has 15 heavy (non-hydrogen) atoms. The Hall–Kier alpha value is -1.09. The van der Waals surface area contributed by atoms with E-state index in [9.17, 15) is 0 Å². The van der Waals surface area contributed by atoms with Gasteiger partial charge in [-0.3, -0.25) is 0 Å². The van der Waals surface area contributed by atoms with Crippen LogP contribution in [0.1, 0.15) is 12.5 Å². The number of aromatic nitrogens is 1. The van der Waals surface area contributed by atoms with E-state index in [1.54, 1.807) is 0 Å². The van der Waals surface area contributed by atoms with Crippen molar-refractivity contribution in [1.82, 2.24) is 4.98 Å². The van der Waals surface area contributed by atoms with Gasteiger partial charge in [-0.1, -0.05) is 6.07 Å². The fourth-order valence-electron chi connectivity index (χ4n) is 1.61. The second-order valence-corrected chi connectivity index (χ2v) is 4.34. The van der Waals surface area contributed by atoms with Gasteiger partial charge in [-0.2, -0.15) is 0 Å². The van der Waals surface area contributed by atoms with E-state index < -0.39 is 0 Å². The molecule has 0 fully saturated rings. The summed E-state index contributed by atoms with van der Waals surface area (Å²) in [5.74, 6) is 0.927. The van der Waals surface area contributed by atoms with Gasteiger partial charge >= 0.3 is 0 Å². The van der Waals surface area contributed by atoms with Crippen molar-refractivity contribution < 1.29 is 0 Å². The minimum atomic E-state index is 0.891. The van der Waals surface area contributed by atoms with Crippen LogP contribution in [-0.2, 0) is 0 Å². The fraction of sp³-hybridized carbons (Fsp3) is 0.250. The Morgan fingerprint density at radius 2 is 2.07 bits per heavy atom. The quantitative estimate of drug-likeness (QED) is 0.894. The molecule has 0 atom stereocenters. The molecule has 0 radical (unpaired) electrons. The van der Waals surface area contributed by atoms with Crippen LogP contribution in [0.4, 0.5) is 5.82 Å². The lowest BCUT2D eigenvalue weighted by Gasteiger charge is -2.07. The van der Waals surface area contributed by atoms with Crippen LogP contribution >= 0.6 is 15.9 Å². The Bertz CT molecular complexity index is 494. The van der Waals surface area contributed by atoms with Gasteiger partial charge in [0.2, 0.25) is 0 Å². The first kappa shape index (κ1) is 10.4. The van der Waals surface area contributed by atoms with Gasteiger partial charge in [-0.25, -0.2) is 4.98 Å². The van der Waals surface area contributed by atoms with Gasteiger partial charge in [0.1, 0.15) is 5.82 Å². The number of pyridine rings is 1. The van der Waals surface area contributed by atoms with Crippen molar-refractivity contribution in [1.29, 1.82) is 0 Å². The SMILES string of the molecule is CCNc1ccc2c(C)ccc(Br)c2n1. The molecular formula is C12H13BrN2. The summed E-state index contributed by atoms with van der Waals surface area (Å²) in [5.41, 5.74) is 2.28. The predicted octanol–water partition coefficient (Wildman–Crippen LogP) is 3.74. The van der Waals surface area contributed by atoms with Crippen molar-refractivity contribution >= 4 is 32.7 Å². The highest BCUT2D eigenvalue weighted by atomic mass is 79.9. The second kappa shape index (κ2) is 4.19. The molecule has 1 heterocycles. The van der Waals surface area contributed by atoms with Gasteiger partial charge in [0, 0.05) is 16.4 Å². The van der Waals surface area contributed by atoms with Crippen molar-refractivity contribution in [2.75, 3.05) is 11.9 Å². The monoisotopic (exact) mass is 264 g/mol. The topological polar surface area (TPSA) is 24.9 Å². The van der Waals surface area contributed by atoms with E-state index in [1.807, 2.05) is 12.1 Å². The number of nitrogens with zero attached hydrogens (tertiary/aromatic N) is 1.